The molecule has 0 radical (unpaired) electrons. The van der Waals surface area contributed by atoms with Crippen molar-refractivity contribution >= 4 is 17.6 Å². The number of aliphatic carboxylic acids is 1. The lowest BCUT2D eigenvalue weighted by Crippen LogP contribution is -2.49. The number of alkyl halides is 1. The molecule has 2 N–H and O–H groups in total. The molecule has 1 aliphatic carbocycles. The molecule has 4 heteroatoms. The van der Waals surface area contributed by atoms with Crippen molar-refractivity contribution in [3.63, 3.8) is 0 Å². The Morgan fingerprint density at radius 2 is 2.00 bits per heavy atom. The minimum atomic E-state index is -1.35. The van der Waals surface area contributed by atoms with Crippen molar-refractivity contribution in [1.29, 1.82) is 0 Å². The van der Waals surface area contributed by atoms with Crippen molar-refractivity contribution in [2.75, 3.05) is 0 Å². The zero-order chi connectivity index (χ0) is 13.2. The van der Waals surface area contributed by atoms with Crippen LogP contribution in [0.5, 0.6) is 0 Å². The summed E-state index contributed by atoms with van der Waals surface area (Å²) in [6.07, 6.45) is 2.86. The van der Waals surface area contributed by atoms with E-state index in [0.717, 1.165) is 12.8 Å². The van der Waals surface area contributed by atoms with Gasteiger partial charge in [0, 0.05) is 0 Å². The molecular weight excluding hydrogens is 252 g/mol. The molecule has 98 valence electrons. The van der Waals surface area contributed by atoms with Crippen LogP contribution in [0.2, 0.25) is 0 Å². The number of halogens is 1. The summed E-state index contributed by atoms with van der Waals surface area (Å²) in [7, 11) is 0. The Labute approximate surface area is 111 Å². The molecule has 0 amide bonds. The molecule has 0 spiro atoms. The Balaban J connectivity index is 2.39. The van der Waals surface area contributed by atoms with Crippen LogP contribution >= 0.6 is 11.6 Å². The normalized spacial score (nSPS) is 29.8. The molecule has 3 nitrogen and oxygen atoms in total. The molecule has 0 unspecified atom stereocenters. The molecule has 0 bridgehead atoms. The lowest BCUT2D eigenvalue weighted by atomic mass is 9.72. The highest BCUT2D eigenvalue weighted by molar-refractivity contribution is 6.21. The van der Waals surface area contributed by atoms with Crippen molar-refractivity contribution in [1.82, 2.24) is 0 Å². The summed E-state index contributed by atoms with van der Waals surface area (Å²) in [6, 6.07) is 8.84. The third-order valence-corrected chi connectivity index (χ3v) is 4.30. The Hall–Kier alpha value is -1.06. The third-order valence-electron chi connectivity index (χ3n) is 3.71. The van der Waals surface area contributed by atoms with Crippen LogP contribution in [-0.2, 0) is 4.79 Å². The second-order valence-corrected chi connectivity index (χ2v) is 5.41. The second-order valence-electron chi connectivity index (χ2n) is 4.89. The maximum atomic E-state index is 11.5. The minimum Gasteiger partial charge on any atom is -0.481 e. The number of rotatable bonds is 3. The minimum absolute atomic E-state index is 0.438. The monoisotopic (exact) mass is 268 g/mol. The molecule has 1 aromatic rings. The zero-order valence-corrected chi connectivity index (χ0v) is 10.8. The predicted octanol–water partition coefficient (Wildman–Crippen LogP) is 2.77. The topological polar surface area (TPSA) is 57.5 Å². The summed E-state index contributed by atoms with van der Waals surface area (Å²) < 4.78 is 0. The summed E-state index contributed by atoms with van der Waals surface area (Å²) in [4.78, 5) is 11.5. The van der Waals surface area contributed by atoms with Crippen LogP contribution in [-0.4, -0.2) is 27.2 Å². The molecule has 0 aromatic heterocycles. The van der Waals surface area contributed by atoms with Crippen LogP contribution in [0.1, 0.15) is 37.2 Å². The molecule has 2 rings (SSSR count). The summed E-state index contributed by atoms with van der Waals surface area (Å²) in [5.74, 6) is -1.97. The van der Waals surface area contributed by atoms with Gasteiger partial charge in [-0.2, -0.15) is 0 Å². The SMILES string of the molecule is O=C(O)[C@H](c1ccccc1)[C@]1(O)CCCC[C@H]1Cl. The van der Waals surface area contributed by atoms with Gasteiger partial charge < -0.3 is 10.2 Å². The van der Waals surface area contributed by atoms with E-state index in [1.54, 1.807) is 24.3 Å². The molecular formula is C14H17ClO3. The van der Waals surface area contributed by atoms with E-state index in [9.17, 15) is 15.0 Å². The average Bonchev–Trinajstić information content (AvgIpc) is 2.34. The fourth-order valence-electron chi connectivity index (χ4n) is 2.75. The first-order valence-corrected chi connectivity index (χ1v) is 6.63. The van der Waals surface area contributed by atoms with Crippen LogP contribution in [0.3, 0.4) is 0 Å². The van der Waals surface area contributed by atoms with Crippen LogP contribution in [0.15, 0.2) is 30.3 Å². The summed E-state index contributed by atoms with van der Waals surface area (Å²) >= 11 is 6.20. The number of aliphatic hydroxyl groups is 1. The highest BCUT2D eigenvalue weighted by Gasteiger charge is 2.48. The third kappa shape index (κ3) is 2.38. The fraction of sp³-hybridized carbons (Fsp3) is 0.500. The van der Waals surface area contributed by atoms with Gasteiger partial charge >= 0.3 is 5.97 Å². The first kappa shape index (κ1) is 13.4. The van der Waals surface area contributed by atoms with Crippen LogP contribution < -0.4 is 0 Å². The van der Waals surface area contributed by atoms with Gasteiger partial charge in [0.2, 0.25) is 0 Å². The summed E-state index contributed by atoms with van der Waals surface area (Å²) in [6.45, 7) is 0. The second kappa shape index (κ2) is 5.29. The smallest absolute Gasteiger partial charge is 0.313 e. The maximum Gasteiger partial charge on any atom is 0.313 e. The zero-order valence-electron chi connectivity index (χ0n) is 10.1. The lowest BCUT2D eigenvalue weighted by Gasteiger charge is -2.40. The molecule has 1 aliphatic rings. The average molecular weight is 269 g/mol. The highest BCUT2D eigenvalue weighted by Crippen LogP contribution is 2.42. The standard InChI is InChI=1S/C14H17ClO3/c15-11-8-4-5-9-14(11,18)12(13(16)17)10-6-2-1-3-7-10/h1-3,6-7,11-12,18H,4-5,8-9H2,(H,16,17)/t11-,12+,14+/m1/s1. The summed E-state index contributed by atoms with van der Waals surface area (Å²) in [5.41, 5.74) is -0.743. The van der Waals surface area contributed by atoms with Gasteiger partial charge in [0.05, 0.1) is 11.0 Å². The Bertz CT molecular complexity index is 420. The van der Waals surface area contributed by atoms with Crippen molar-refractivity contribution in [3.05, 3.63) is 35.9 Å². The molecule has 1 saturated carbocycles. The number of benzene rings is 1. The molecule has 0 aliphatic heterocycles. The van der Waals surface area contributed by atoms with Gasteiger partial charge in [-0.3, -0.25) is 4.79 Å². The molecule has 0 heterocycles. The lowest BCUT2D eigenvalue weighted by molar-refractivity contribution is -0.147. The van der Waals surface area contributed by atoms with Gasteiger partial charge in [0.15, 0.2) is 0 Å². The van der Waals surface area contributed by atoms with Gasteiger partial charge in [-0.15, -0.1) is 11.6 Å². The Kier molecular flexibility index (Phi) is 3.93. The van der Waals surface area contributed by atoms with E-state index < -0.39 is 22.9 Å². The largest absolute Gasteiger partial charge is 0.481 e. The van der Waals surface area contributed by atoms with E-state index in [0.29, 0.717) is 18.4 Å². The van der Waals surface area contributed by atoms with Crippen LogP contribution in [0.4, 0.5) is 0 Å². The highest BCUT2D eigenvalue weighted by atomic mass is 35.5. The van der Waals surface area contributed by atoms with Gasteiger partial charge in [0.1, 0.15) is 5.92 Å². The van der Waals surface area contributed by atoms with Gasteiger partial charge in [-0.05, 0) is 18.4 Å². The van der Waals surface area contributed by atoms with E-state index in [1.165, 1.54) is 0 Å². The number of hydrogen-bond donors (Lipinski definition) is 2. The van der Waals surface area contributed by atoms with Crippen LogP contribution in [0.25, 0.3) is 0 Å². The molecule has 1 aromatic carbocycles. The number of carboxylic acids is 1. The van der Waals surface area contributed by atoms with Crippen molar-refractivity contribution in [3.8, 4) is 0 Å². The Morgan fingerprint density at radius 3 is 2.56 bits per heavy atom. The molecule has 18 heavy (non-hydrogen) atoms. The maximum absolute atomic E-state index is 11.5. The van der Waals surface area contributed by atoms with Crippen LogP contribution in [0, 0.1) is 0 Å². The molecule has 0 saturated heterocycles. The van der Waals surface area contributed by atoms with Gasteiger partial charge in [-0.1, -0.05) is 43.2 Å². The van der Waals surface area contributed by atoms with E-state index >= 15 is 0 Å². The van der Waals surface area contributed by atoms with E-state index in [2.05, 4.69) is 0 Å². The predicted molar refractivity (Wildman–Crippen MR) is 69.9 cm³/mol. The van der Waals surface area contributed by atoms with Crippen molar-refractivity contribution < 1.29 is 15.0 Å². The van der Waals surface area contributed by atoms with Gasteiger partial charge in [-0.25, -0.2) is 0 Å². The number of hydrogen-bond acceptors (Lipinski definition) is 2. The van der Waals surface area contributed by atoms with E-state index in [4.69, 9.17) is 11.6 Å². The molecule has 1 fully saturated rings. The first-order valence-electron chi connectivity index (χ1n) is 6.20. The quantitative estimate of drug-likeness (QED) is 0.829. The number of carboxylic acid groups (broad SMARTS) is 1. The van der Waals surface area contributed by atoms with Crippen molar-refractivity contribution in [2.24, 2.45) is 0 Å². The first-order chi connectivity index (χ1) is 8.55. The van der Waals surface area contributed by atoms with Crippen molar-refractivity contribution in [2.45, 2.75) is 42.6 Å². The van der Waals surface area contributed by atoms with E-state index in [1.807, 2.05) is 6.07 Å². The summed E-state index contributed by atoms with van der Waals surface area (Å²) in [5, 5.41) is 19.6. The molecule has 3 atom stereocenters. The number of carbonyl (C=O) groups is 1. The van der Waals surface area contributed by atoms with Gasteiger partial charge in [0.25, 0.3) is 0 Å². The Morgan fingerprint density at radius 1 is 1.33 bits per heavy atom. The fourth-order valence-corrected chi connectivity index (χ4v) is 3.14. The van der Waals surface area contributed by atoms with E-state index in [-0.39, 0.29) is 0 Å².